The van der Waals surface area contributed by atoms with Crippen molar-refractivity contribution in [3.05, 3.63) is 90.0 Å². The van der Waals surface area contributed by atoms with E-state index >= 15 is 0 Å². The van der Waals surface area contributed by atoms with E-state index in [1.54, 1.807) is 12.7 Å². The highest BCUT2D eigenvalue weighted by molar-refractivity contribution is 5.49. The van der Waals surface area contributed by atoms with E-state index in [2.05, 4.69) is 84.5 Å². The first-order valence-corrected chi connectivity index (χ1v) is 8.93. The average Bonchev–Trinajstić information content (AvgIpc) is 3.16. The van der Waals surface area contributed by atoms with Gasteiger partial charge >= 0.3 is 0 Å². The van der Waals surface area contributed by atoms with Gasteiger partial charge in [0.05, 0.1) is 13.1 Å². The van der Waals surface area contributed by atoms with Crippen LogP contribution in [0, 0.1) is 0 Å². The van der Waals surface area contributed by atoms with Gasteiger partial charge in [0, 0.05) is 0 Å². The molecule has 0 N–H and O–H groups in total. The van der Waals surface area contributed by atoms with Gasteiger partial charge in [0.15, 0.2) is 0 Å². The van der Waals surface area contributed by atoms with Crippen molar-refractivity contribution in [3.63, 3.8) is 0 Å². The molecule has 0 spiro atoms. The van der Waals surface area contributed by atoms with Crippen molar-refractivity contribution in [3.8, 4) is 0 Å². The molecule has 0 amide bonds. The van der Waals surface area contributed by atoms with Crippen molar-refractivity contribution in [1.29, 1.82) is 0 Å². The van der Waals surface area contributed by atoms with Crippen molar-refractivity contribution >= 4 is 6.08 Å². The molecule has 4 nitrogen and oxygen atoms in total. The molecule has 4 heteroatoms. The van der Waals surface area contributed by atoms with Crippen LogP contribution in [-0.4, -0.2) is 21.4 Å². The van der Waals surface area contributed by atoms with Gasteiger partial charge in [-0.2, -0.15) is 0 Å². The molecule has 26 heavy (non-hydrogen) atoms. The third kappa shape index (κ3) is 4.82. The van der Waals surface area contributed by atoms with Crippen LogP contribution in [0.15, 0.2) is 73.3 Å². The molecule has 1 aromatic heterocycles. The second-order valence-corrected chi connectivity index (χ2v) is 7.45. The minimum Gasteiger partial charge on any atom is -0.302 e. The van der Waals surface area contributed by atoms with Crippen LogP contribution in [-0.2, 0) is 12.0 Å². The molecule has 3 rings (SSSR count). The summed E-state index contributed by atoms with van der Waals surface area (Å²) in [6.07, 6.45) is 7.78. The summed E-state index contributed by atoms with van der Waals surface area (Å²) in [7, 11) is 0. The van der Waals surface area contributed by atoms with Crippen molar-refractivity contribution in [2.24, 2.45) is 0 Å². The van der Waals surface area contributed by atoms with Gasteiger partial charge in [-0.25, -0.2) is 4.68 Å². The summed E-state index contributed by atoms with van der Waals surface area (Å²) in [5, 5.41) is 10.1. The van der Waals surface area contributed by atoms with E-state index in [0.29, 0.717) is 0 Å². The summed E-state index contributed by atoms with van der Waals surface area (Å²) >= 11 is 0. The fraction of sp³-hybridized carbons (Fsp3) is 0.273. The third-order valence-corrected chi connectivity index (χ3v) is 4.34. The molecule has 134 valence electrons. The lowest BCUT2D eigenvalue weighted by atomic mass is 9.87. The van der Waals surface area contributed by atoms with Crippen molar-refractivity contribution < 1.29 is 0 Å². The molecule has 2 aromatic carbocycles. The molecular weight excluding hydrogens is 320 g/mol. The quantitative estimate of drug-likeness (QED) is 0.662. The minimum atomic E-state index is 0.172. The van der Waals surface area contributed by atoms with Crippen LogP contribution < -0.4 is 5.01 Å². The highest BCUT2D eigenvalue weighted by Crippen LogP contribution is 2.22. The Hall–Kier alpha value is -2.88. The van der Waals surface area contributed by atoms with Crippen LogP contribution in [0.2, 0.25) is 0 Å². The first-order valence-electron chi connectivity index (χ1n) is 8.93. The number of hydrogen-bond acceptors (Lipinski definition) is 3. The maximum Gasteiger partial charge on any atom is 0.139 e. The van der Waals surface area contributed by atoms with Gasteiger partial charge in [0.2, 0.25) is 0 Å². The number of aromatic nitrogens is 3. The molecular formula is C22H26N4. The van der Waals surface area contributed by atoms with E-state index in [9.17, 15) is 0 Å². The van der Waals surface area contributed by atoms with Crippen LogP contribution in [0.25, 0.3) is 6.08 Å². The molecule has 0 aliphatic rings. The number of benzene rings is 2. The largest absolute Gasteiger partial charge is 0.302 e. The Morgan fingerprint density at radius 1 is 0.923 bits per heavy atom. The monoisotopic (exact) mass is 346 g/mol. The first-order chi connectivity index (χ1) is 12.5. The van der Waals surface area contributed by atoms with Gasteiger partial charge in [-0.05, 0) is 22.1 Å². The van der Waals surface area contributed by atoms with Crippen LogP contribution in [0.3, 0.4) is 0 Å². The SMILES string of the molecule is CC(C)(C)c1ccc(CN(C/C=C/c2ccccc2)n2cnnc2)cc1. The fourth-order valence-corrected chi connectivity index (χ4v) is 2.78. The Bertz CT molecular complexity index is 813. The van der Waals surface area contributed by atoms with Gasteiger partial charge in [-0.3, -0.25) is 0 Å². The third-order valence-electron chi connectivity index (χ3n) is 4.34. The van der Waals surface area contributed by atoms with Gasteiger partial charge in [-0.1, -0.05) is 87.5 Å². The molecule has 0 aliphatic heterocycles. The number of rotatable bonds is 6. The fourth-order valence-electron chi connectivity index (χ4n) is 2.78. The summed E-state index contributed by atoms with van der Waals surface area (Å²) < 4.78 is 1.94. The second-order valence-electron chi connectivity index (χ2n) is 7.45. The highest BCUT2D eigenvalue weighted by Gasteiger charge is 2.13. The molecule has 0 aliphatic carbocycles. The molecule has 0 saturated heterocycles. The highest BCUT2D eigenvalue weighted by atomic mass is 15.6. The lowest BCUT2D eigenvalue weighted by Gasteiger charge is -2.24. The molecule has 0 bridgehead atoms. The smallest absolute Gasteiger partial charge is 0.139 e. The van der Waals surface area contributed by atoms with Crippen molar-refractivity contribution in [2.45, 2.75) is 32.7 Å². The minimum absolute atomic E-state index is 0.172. The Labute approximate surface area is 155 Å². The maximum absolute atomic E-state index is 3.94. The van der Waals surface area contributed by atoms with Gasteiger partial charge in [0.1, 0.15) is 12.7 Å². The van der Waals surface area contributed by atoms with Crippen LogP contribution in [0.4, 0.5) is 0 Å². The zero-order chi connectivity index (χ0) is 18.4. The lowest BCUT2D eigenvalue weighted by Crippen LogP contribution is -2.33. The number of hydrogen-bond donors (Lipinski definition) is 0. The summed E-state index contributed by atoms with van der Waals surface area (Å²) in [5.41, 5.74) is 3.98. The Kier molecular flexibility index (Phi) is 5.52. The first kappa shape index (κ1) is 17.9. The topological polar surface area (TPSA) is 34.0 Å². The Balaban J connectivity index is 1.72. The molecule has 0 fully saturated rings. The van der Waals surface area contributed by atoms with E-state index in [1.807, 2.05) is 22.9 Å². The van der Waals surface area contributed by atoms with E-state index < -0.39 is 0 Å². The average molecular weight is 346 g/mol. The van der Waals surface area contributed by atoms with Crippen LogP contribution in [0.1, 0.15) is 37.5 Å². The maximum atomic E-state index is 3.94. The van der Waals surface area contributed by atoms with Gasteiger partial charge in [-0.15, -0.1) is 10.2 Å². The predicted octanol–water partition coefficient (Wildman–Crippen LogP) is 4.43. The van der Waals surface area contributed by atoms with Gasteiger partial charge in [0.25, 0.3) is 0 Å². The van der Waals surface area contributed by atoms with E-state index in [4.69, 9.17) is 0 Å². The Morgan fingerprint density at radius 2 is 1.58 bits per heavy atom. The predicted molar refractivity (Wildman–Crippen MR) is 107 cm³/mol. The normalized spacial score (nSPS) is 11.8. The molecule has 0 unspecified atom stereocenters. The zero-order valence-corrected chi connectivity index (χ0v) is 15.7. The van der Waals surface area contributed by atoms with Crippen LogP contribution >= 0.6 is 0 Å². The van der Waals surface area contributed by atoms with E-state index in [1.165, 1.54) is 16.7 Å². The summed E-state index contributed by atoms with van der Waals surface area (Å²) in [6.45, 7) is 8.27. The van der Waals surface area contributed by atoms with Crippen LogP contribution in [0.5, 0.6) is 0 Å². The standard InChI is InChI=1S/C22H26N4/c1-22(2,3)21-13-11-20(12-14-21)16-25(26-17-23-24-18-26)15-7-10-19-8-5-4-6-9-19/h4-14,17-18H,15-16H2,1-3H3/b10-7+. The zero-order valence-electron chi connectivity index (χ0n) is 15.7. The molecule has 3 aromatic rings. The van der Waals surface area contributed by atoms with Crippen molar-refractivity contribution in [2.75, 3.05) is 11.6 Å². The number of nitrogens with zero attached hydrogens (tertiary/aromatic N) is 4. The summed E-state index contributed by atoms with van der Waals surface area (Å²) in [4.78, 5) is 0. The van der Waals surface area contributed by atoms with Crippen molar-refractivity contribution in [1.82, 2.24) is 14.9 Å². The molecule has 0 saturated carbocycles. The second kappa shape index (κ2) is 8.00. The van der Waals surface area contributed by atoms with E-state index in [0.717, 1.165) is 13.1 Å². The summed E-state index contributed by atoms with van der Waals surface area (Å²) in [5.74, 6) is 0. The summed E-state index contributed by atoms with van der Waals surface area (Å²) in [6, 6.07) is 19.2. The molecule has 0 atom stereocenters. The molecule has 1 heterocycles. The Morgan fingerprint density at radius 3 is 2.19 bits per heavy atom. The van der Waals surface area contributed by atoms with Gasteiger partial charge < -0.3 is 5.01 Å². The lowest BCUT2D eigenvalue weighted by molar-refractivity contribution is 0.588. The van der Waals surface area contributed by atoms with E-state index in [-0.39, 0.29) is 5.41 Å². The molecule has 0 radical (unpaired) electrons.